The van der Waals surface area contributed by atoms with E-state index in [9.17, 15) is 17.6 Å². The molecule has 2 aromatic rings. The molecule has 6 nitrogen and oxygen atoms in total. The molecule has 150 valence electrons. The Labute approximate surface area is 164 Å². The monoisotopic (exact) mass is 406 g/mol. The Hall–Kier alpha value is -2.32. The van der Waals surface area contributed by atoms with Crippen LogP contribution in [0.25, 0.3) is 0 Å². The van der Waals surface area contributed by atoms with Crippen LogP contribution in [0.5, 0.6) is 0 Å². The lowest BCUT2D eigenvalue weighted by Gasteiger charge is -2.31. The van der Waals surface area contributed by atoms with Crippen molar-refractivity contribution in [3.8, 4) is 0 Å². The predicted octanol–water partition coefficient (Wildman–Crippen LogP) is 3.30. The second kappa shape index (κ2) is 8.79. The Balaban J connectivity index is 1.80. The Bertz CT molecular complexity index is 896. The Morgan fingerprint density at radius 1 is 1.14 bits per heavy atom. The summed E-state index contributed by atoms with van der Waals surface area (Å²) in [4.78, 5) is 15.2. The highest BCUT2D eigenvalue weighted by Crippen LogP contribution is 2.31. The first-order valence-corrected chi connectivity index (χ1v) is 10.7. The quantitative estimate of drug-likeness (QED) is 0.762. The summed E-state index contributed by atoms with van der Waals surface area (Å²) >= 11 is 0. The first-order chi connectivity index (χ1) is 13.4. The van der Waals surface area contributed by atoms with Crippen LogP contribution in [0.15, 0.2) is 53.7 Å². The zero-order chi connectivity index (χ0) is 20.1. The molecule has 1 N–H and O–H groups in total. The van der Waals surface area contributed by atoms with Gasteiger partial charge >= 0.3 is 5.97 Å². The van der Waals surface area contributed by atoms with Crippen LogP contribution in [0, 0.1) is 17.7 Å². The molecular formula is C20H23FN2O4S. The number of aliphatic carboxylic acids is 1. The van der Waals surface area contributed by atoms with Crippen LogP contribution in [-0.4, -0.2) is 35.3 Å². The standard InChI is InChI=1S/C20H23FN2O4S/c21-18-9-5-16(6-10-18)14-23(28(26,27)19-2-1-11-22-12-19)13-15-3-7-17(8-4-15)20(24)25/h1-2,5-6,9-12,15,17H,3-4,7-8,13-14H2,(H,24,25). The number of rotatable bonds is 7. The second-order valence-electron chi connectivity index (χ2n) is 7.17. The van der Waals surface area contributed by atoms with Crippen LogP contribution in [0.3, 0.4) is 0 Å². The van der Waals surface area contributed by atoms with Crippen molar-refractivity contribution < 1.29 is 22.7 Å². The number of nitrogens with zero attached hydrogens (tertiary/aromatic N) is 2. The largest absolute Gasteiger partial charge is 0.481 e. The van der Waals surface area contributed by atoms with Gasteiger partial charge in [0.1, 0.15) is 10.7 Å². The van der Waals surface area contributed by atoms with Crippen molar-refractivity contribution in [1.29, 1.82) is 0 Å². The van der Waals surface area contributed by atoms with Gasteiger partial charge < -0.3 is 5.11 Å². The zero-order valence-electron chi connectivity index (χ0n) is 15.4. The molecule has 0 aliphatic heterocycles. The molecule has 0 bridgehead atoms. The van der Waals surface area contributed by atoms with E-state index in [1.54, 1.807) is 18.2 Å². The summed E-state index contributed by atoms with van der Waals surface area (Å²) in [5, 5.41) is 9.16. The number of carboxylic acid groups (broad SMARTS) is 1. The van der Waals surface area contributed by atoms with Crippen molar-refractivity contribution in [3.63, 3.8) is 0 Å². The predicted molar refractivity (Wildman–Crippen MR) is 101 cm³/mol. The fourth-order valence-corrected chi connectivity index (χ4v) is 5.04. The third-order valence-corrected chi connectivity index (χ3v) is 7.00. The highest BCUT2D eigenvalue weighted by atomic mass is 32.2. The van der Waals surface area contributed by atoms with E-state index in [0.29, 0.717) is 37.8 Å². The summed E-state index contributed by atoms with van der Waals surface area (Å²) < 4.78 is 40.9. The van der Waals surface area contributed by atoms with E-state index in [-0.39, 0.29) is 29.1 Å². The minimum Gasteiger partial charge on any atom is -0.481 e. The SMILES string of the molecule is O=C(O)C1CCC(CN(Cc2ccc(F)cc2)S(=O)(=O)c2cccnc2)CC1. The molecule has 0 amide bonds. The number of carbonyl (C=O) groups is 1. The maximum atomic E-state index is 13.2. The van der Waals surface area contributed by atoms with Gasteiger partial charge in [-0.1, -0.05) is 12.1 Å². The molecular weight excluding hydrogens is 383 g/mol. The molecule has 1 aliphatic rings. The van der Waals surface area contributed by atoms with E-state index in [2.05, 4.69) is 4.98 Å². The van der Waals surface area contributed by atoms with Crippen LogP contribution in [0.2, 0.25) is 0 Å². The van der Waals surface area contributed by atoms with Crippen LogP contribution in [0.4, 0.5) is 4.39 Å². The van der Waals surface area contributed by atoms with E-state index in [1.165, 1.54) is 34.9 Å². The fourth-order valence-electron chi connectivity index (χ4n) is 3.57. The number of hydrogen-bond donors (Lipinski definition) is 1. The zero-order valence-corrected chi connectivity index (χ0v) is 16.2. The van der Waals surface area contributed by atoms with Gasteiger partial charge in [0.05, 0.1) is 5.92 Å². The summed E-state index contributed by atoms with van der Waals surface area (Å²) in [5.74, 6) is -1.43. The molecule has 1 heterocycles. The Morgan fingerprint density at radius 3 is 2.39 bits per heavy atom. The summed E-state index contributed by atoms with van der Waals surface area (Å²) in [7, 11) is -3.78. The van der Waals surface area contributed by atoms with E-state index in [1.807, 2.05) is 0 Å². The number of halogens is 1. The van der Waals surface area contributed by atoms with Gasteiger partial charge in [-0.25, -0.2) is 12.8 Å². The second-order valence-corrected chi connectivity index (χ2v) is 9.11. The maximum absolute atomic E-state index is 13.2. The number of hydrogen-bond acceptors (Lipinski definition) is 4. The summed E-state index contributed by atoms with van der Waals surface area (Å²) in [6.07, 6.45) is 5.26. The van der Waals surface area contributed by atoms with Crippen LogP contribution < -0.4 is 0 Å². The highest BCUT2D eigenvalue weighted by Gasteiger charge is 2.31. The topological polar surface area (TPSA) is 87.6 Å². The minimum atomic E-state index is -3.78. The average Bonchev–Trinajstić information content (AvgIpc) is 2.70. The molecule has 28 heavy (non-hydrogen) atoms. The molecule has 1 aromatic carbocycles. The molecule has 1 saturated carbocycles. The van der Waals surface area contributed by atoms with Crippen molar-refractivity contribution in [3.05, 3.63) is 60.2 Å². The molecule has 3 rings (SSSR count). The molecule has 0 saturated heterocycles. The average molecular weight is 406 g/mol. The smallest absolute Gasteiger partial charge is 0.306 e. The molecule has 1 aromatic heterocycles. The third kappa shape index (κ3) is 4.94. The van der Waals surface area contributed by atoms with Crippen LogP contribution in [-0.2, 0) is 21.4 Å². The number of sulfonamides is 1. The number of carboxylic acids is 1. The van der Waals surface area contributed by atoms with Crippen molar-refractivity contribution in [2.24, 2.45) is 11.8 Å². The first kappa shape index (κ1) is 20.4. The molecule has 1 fully saturated rings. The van der Waals surface area contributed by atoms with E-state index in [0.717, 1.165) is 0 Å². The lowest BCUT2D eigenvalue weighted by molar-refractivity contribution is -0.143. The van der Waals surface area contributed by atoms with Gasteiger partial charge in [0.2, 0.25) is 10.0 Å². The van der Waals surface area contributed by atoms with Crippen LogP contribution in [0.1, 0.15) is 31.2 Å². The molecule has 0 atom stereocenters. The molecule has 0 radical (unpaired) electrons. The van der Waals surface area contributed by atoms with Crippen LogP contribution >= 0.6 is 0 Å². The van der Waals surface area contributed by atoms with Gasteiger partial charge in [-0.05, 0) is 61.4 Å². The summed E-state index contributed by atoms with van der Waals surface area (Å²) in [6, 6.07) is 8.83. The van der Waals surface area contributed by atoms with Gasteiger partial charge in [0.15, 0.2) is 0 Å². The number of pyridine rings is 1. The van der Waals surface area contributed by atoms with Gasteiger partial charge in [0, 0.05) is 25.5 Å². The Kier molecular flexibility index (Phi) is 6.41. The third-order valence-electron chi connectivity index (χ3n) is 5.20. The number of aromatic nitrogens is 1. The van der Waals surface area contributed by atoms with Gasteiger partial charge in [-0.2, -0.15) is 4.31 Å². The van der Waals surface area contributed by atoms with Gasteiger partial charge in [-0.15, -0.1) is 0 Å². The van der Waals surface area contributed by atoms with Crippen molar-refractivity contribution >= 4 is 16.0 Å². The molecule has 0 unspecified atom stereocenters. The van der Waals surface area contributed by atoms with Gasteiger partial charge in [0.25, 0.3) is 0 Å². The first-order valence-electron chi connectivity index (χ1n) is 9.23. The van der Waals surface area contributed by atoms with Crippen molar-refractivity contribution in [1.82, 2.24) is 9.29 Å². The molecule has 0 spiro atoms. The Morgan fingerprint density at radius 2 is 1.82 bits per heavy atom. The highest BCUT2D eigenvalue weighted by molar-refractivity contribution is 7.89. The number of benzene rings is 1. The fraction of sp³-hybridized carbons (Fsp3) is 0.400. The van der Waals surface area contributed by atoms with Crippen molar-refractivity contribution in [2.75, 3.05) is 6.54 Å². The van der Waals surface area contributed by atoms with Gasteiger partial charge in [-0.3, -0.25) is 9.78 Å². The lowest BCUT2D eigenvalue weighted by atomic mass is 9.82. The van der Waals surface area contributed by atoms with E-state index >= 15 is 0 Å². The normalized spacial score (nSPS) is 20.2. The molecule has 8 heteroatoms. The maximum Gasteiger partial charge on any atom is 0.306 e. The van der Waals surface area contributed by atoms with Crippen molar-refractivity contribution in [2.45, 2.75) is 37.1 Å². The van der Waals surface area contributed by atoms with E-state index < -0.39 is 16.0 Å². The minimum absolute atomic E-state index is 0.0856. The lowest BCUT2D eigenvalue weighted by Crippen LogP contribution is -2.36. The van der Waals surface area contributed by atoms with E-state index in [4.69, 9.17) is 5.11 Å². The summed E-state index contributed by atoms with van der Waals surface area (Å²) in [5.41, 5.74) is 0.688. The molecule has 1 aliphatic carbocycles. The summed E-state index contributed by atoms with van der Waals surface area (Å²) in [6.45, 7) is 0.414.